The van der Waals surface area contributed by atoms with Crippen molar-refractivity contribution < 1.29 is 4.74 Å². The Labute approximate surface area is 188 Å². The van der Waals surface area contributed by atoms with Gasteiger partial charge in [0.25, 0.3) is 5.56 Å². The molecule has 166 valence electrons. The molecule has 0 radical (unpaired) electrons. The molecule has 4 rings (SSSR count). The van der Waals surface area contributed by atoms with Crippen molar-refractivity contribution >= 4 is 21.4 Å². The molecule has 6 heteroatoms. The highest BCUT2D eigenvalue weighted by Crippen LogP contribution is 2.31. The molecule has 0 atom stereocenters. The minimum absolute atomic E-state index is 0.0173. The van der Waals surface area contributed by atoms with E-state index in [1.807, 2.05) is 49.6 Å². The summed E-state index contributed by atoms with van der Waals surface area (Å²) in [6.45, 7) is 12.9. The first-order valence-electron chi connectivity index (χ1n) is 11.3. The van der Waals surface area contributed by atoms with Crippen LogP contribution in [-0.2, 0) is 0 Å². The second kappa shape index (κ2) is 9.13. The van der Waals surface area contributed by atoms with Gasteiger partial charge in [0.05, 0.1) is 22.7 Å². The Hall–Kier alpha value is -2.18. The molecule has 5 nitrogen and oxygen atoms in total. The molecule has 0 N–H and O–H groups in total. The largest absolute Gasteiger partial charge is 0.494 e. The van der Waals surface area contributed by atoms with E-state index in [2.05, 4.69) is 23.8 Å². The molecule has 2 aromatic heterocycles. The van der Waals surface area contributed by atoms with Crippen LogP contribution in [0.25, 0.3) is 21.3 Å². The van der Waals surface area contributed by atoms with Crippen LogP contribution in [0, 0.1) is 5.41 Å². The summed E-state index contributed by atoms with van der Waals surface area (Å²) in [4.78, 5) is 15.2. The van der Waals surface area contributed by atoms with Crippen molar-refractivity contribution in [3.05, 3.63) is 46.1 Å². The molecule has 0 aliphatic carbocycles. The average Bonchev–Trinajstić information content (AvgIpc) is 3.22. The summed E-state index contributed by atoms with van der Waals surface area (Å²) in [5.74, 6) is 0.877. The Morgan fingerprint density at radius 1 is 1.19 bits per heavy atom. The highest BCUT2D eigenvalue weighted by Gasteiger charge is 2.25. The number of hydrogen-bond acceptors (Lipinski definition) is 5. The number of rotatable bonds is 7. The first-order chi connectivity index (χ1) is 14.8. The van der Waals surface area contributed by atoms with Gasteiger partial charge in [0.1, 0.15) is 11.4 Å². The van der Waals surface area contributed by atoms with Gasteiger partial charge in [-0.05, 0) is 80.8 Å². The van der Waals surface area contributed by atoms with Gasteiger partial charge in [-0.15, -0.1) is 11.3 Å². The standard InChI is InChI=1S/C25H33N3O2S/c1-18(2)28-24(29)21-11-16-31-23(21)22(26-28)19-7-9-20(10-8-19)30-15-6-14-27-13-5-12-25(3,4)17-27/h7-11,16,18H,5-6,12-15,17H2,1-4H3. The van der Waals surface area contributed by atoms with Crippen molar-refractivity contribution in [2.45, 2.75) is 53.0 Å². The molecule has 1 fully saturated rings. The van der Waals surface area contributed by atoms with Crippen LogP contribution in [0.1, 0.15) is 53.0 Å². The molecule has 3 aromatic rings. The lowest BCUT2D eigenvalue weighted by Crippen LogP contribution is -2.40. The lowest BCUT2D eigenvalue weighted by Gasteiger charge is -2.38. The molecule has 1 aliphatic rings. The summed E-state index contributed by atoms with van der Waals surface area (Å²) in [5, 5.41) is 7.38. The first kappa shape index (κ1) is 22.0. The maximum absolute atomic E-state index is 12.6. The van der Waals surface area contributed by atoms with Crippen molar-refractivity contribution in [2.75, 3.05) is 26.2 Å². The number of benzene rings is 1. The molecule has 31 heavy (non-hydrogen) atoms. The van der Waals surface area contributed by atoms with Crippen LogP contribution in [-0.4, -0.2) is 40.9 Å². The zero-order chi connectivity index (χ0) is 22.0. The quantitative estimate of drug-likeness (QED) is 0.450. The number of fused-ring (bicyclic) bond motifs is 1. The van der Waals surface area contributed by atoms with E-state index in [1.54, 1.807) is 16.0 Å². The van der Waals surface area contributed by atoms with Gasteiger partial charge in [0.2, 0.25) is 0 Å². The highest BCUT2D eigenvalue weighted by molar-refractivity contribution is 7.17. The number of thiophene rings is 1. The van der Waals surface area contributed by atoms with Crippen LogP contribution in [0.15, 0.2) is 40.5 Å². The van der Waals surface area contributed by atoms with Gasteiger partial charge in [-0.25, -0.2) is 4.68 Å². The molecule has 0 bridgehead atoms. The number of ether oxygens (including phenoxy) is 1. The van der Waals surface area contributed by atoms with Crippen LogP contribution in [0.5, 0.6) is 5.75 Å². The topological polar surface area (TPSA) is 47.4 Å². The first-order valence-corrected chi connectivity index (χ1v) is 12.2. The van der Waals surface area contributed by atoms with E-state index < -0.39 is 0 Å². The zero-order valence-electron chi connectivity index (χ0n) is 19.1. The van der Waals surface area contributed by atoms with Gasteiger partial charge < -0.3 is 9.64 Å². The van der Waals surface area contributed by atoms with E-state index in [4.69, 9.17) is 4.74 Å². The van der Waals surface area contributed by atoms with E-state index in [1.165, 1.54) is 25.9 Å². The van der Waals surface area contributed by atoms with E-state index >= 15 is 0 Å². The summed E-state index contributed by atoms with van der Waals surface area (Å²) in [6, 6.07) is 10.0. The van der Waals surface area contributed by atoms with Crippen molar-refractivity contribution in [3.8, 4) is 17.0 Å². The summed E-state index contributed by atoms with van der Waals surface area (Å²) >= 11 is 1.57. The van der Waals surface area contributed by atoms with E-state index in [9.17, 15) is 4.79 Å². The molecule has 0 spiro atoms. The van der Waals surface area contributed by atoms with Gasteiger partial charge >= 0.3 is 0 Å². The maximum atomic E-state index is 12.6. The smallest absolute Gasteiger partial charge is 0.275 e. The molecule has 0 amide bonds. The second-order valence-electron chi connectivity index (χ2n) is 9.63. The Bertz CT molecular complexity index is 1080. The maximum Gasteiger partial charge on any atom is 0.275 e. The van der Waals surface area contributed by atoms with Gasteiger partial charge in [-0.3, -0.25) is 4.79 Å². The minimum Gasteiger partial charge on any atom is -0.494 e. The predicted octanol–water partition coefficient (Wildman–Crippen LogP) is 5.60. The SMILES string of the molecule is CC(C)n1nc(-c2ccc(OCCCN3CCCC(C)(C)C3)cc2)c2sccc2c1=O. The van der Waals surface area contributed by atoms with E-state index in [-0.39, 0.29) is 11.6 Å². The number of aromatic nitrogens is 2. The third-order valence-electron chi connectivity index (χ3n) is 6.01. The fraction of sp³-hybridized carbons (Fsp3) is 0.520. The summed E-state index contributed by atoms with van der Waals surface area (Å²) in [7, 11) is 0. The van der Waals surface area contributed by atoms with Gasteiger partial charge in [0.15, 0.2) is 0 Å². The van der Waals surface area contributed by atoms with Crippen LogP contribution < -0.4 is 10.3 Å². The molecule has 1 aliphatic heterocycles. The summed E-state index contributed by atoms with van der Waals surface area (Å²) in [5.41, 5.74) is 2.28. The van der Waals surface area contributed by atoms with Crippen LogP contribution in [0.4, 0.5) is 0 Å². The minimum atomic E-state index is -0.0213. The van der Waals surface area contributed by atoms with Crippen LogP contribution >= 0.6 is 11.3 Å². The number of likely N-dealkylation sites (tertiary alicyclic amines) is 1. The van der Waals surface area contributed by atoms with Crippen molar-refractivity contribution in [3.63, 3.8) is 0 Å². The Morgan fingerprint density at radius 2 is 1.97 bits per heavy atom. The summed E-state index contributed by atoms with van der Waals surface area (Å²) in [6.07, 6.45) is 3.66. The molecule has 1 aromatic carbocycles. The Balaban J connectivity index is 1.40. The number of nitrogens with zero attached hydrogens (tertiary/aromatic N) is 3. The lowest BCUT2D eigenvalue weighted by atomic mass is 9.84. The van der Waals surface area contributed by atoms with Crippen molar-refractivity contribution in [1.29, 1.82) is 0 Å². The molecular formula is C25H33N3O2S. The van der Waals surface area contributed by atoms with Gasteiger partial charge in [0, 0.05) is 18.7 Å². The highest BCUT2D eigenvalue weighted by atomic mass is 32.1. The molecule has 1 saturated heterocycles. The van der Waals surface area contributed by atoms with Crippen LogP contribution in [0.2, 0.25) is 0 Å². The number of hydrogen-bond donors (Lipinski definition) is 0. The van der Waals surface area contributed by atoms with Crippen molar-refractivity contribution in [1.82, 2.24) is 14.7 Å². The number of piperidine rings is 1. The van der Waals surface area contributed by atoms with Crippen molar-refractivity contribution in [2.24, 2.45) is 5.41 Å². The molecule has 0 unspecified atom stereocenters. The van der Waals surface area contributed by atoms with E-state index in [0.717, 1.165) is 46.7 Å². The van der Waals surface area contributed by atoms with Gasteiger partial charge in [-0.2, -0.15) is 5.10 Å². The Kier molecular flexibility index (Phi) is 6.49. The molecular weight excluding hydrogens is 406 g/mol. The third-order valence-corrected chi connectivity index (χ3v) is 6.93. The molecule has 0 saturated carbocycles. The van der Waals surface area contributed by atoms with Gasteiger partial charge in [-0.1, -0.05) is 13.8 Å². The monoisotopic (exact) mass is 439 g/mol. The Morgan fingerprint density at radius 3 is 2.68 bits per heavy atom. The predicted molar refractivity (Wildman–Crippen MR) is 129 cm³/mol. The molecule has 3 heterocycles. The lowest BCUT2D eigenvalue weighted by molar-refractivity contribution is 0.111. The fourth-order valence-electron chi connectivity index (χ4n) is 4.44. The summed E-state index contributed by atoms with van der Waals surface area (Å²) < 4.78 is 8.52. The zero-order valence-corrected chi connectivity index (χ0v) is 19.9. The van der Waals surface area contributed by atoms with Crippen LogP contribution in [0.3, 0.4) is 0 Å². The fourth-order valence-corrected chi connectivity index (χ4v) is 5.34. The third kappa shape index (κ3) is 5.01. The van der Waals surface area contributed by atoms with E-state index in [0.29, 0.717) is 5.41 Å². The normalized spacial score (nSPS) is 16.8. The second-order valence-corrected chi connectivity index (χ2v) is 10.5. The average molecular weight is 440 g/mol.